The second-order valence-electron chi connectivity index (χ2n) is 9.28. The molecular weight excluding hydrogens is 448 g/mol. The minimum absolute atomic E-state index is 0.478. The highest BCUT2D eigenvalue weighted by Gasteiger charge is 2.23. The maximum absolute atomic E-state index is 5.69. The Morgan fingerprint density at radius 3 is 2.56 bits per heavy atom. The van der Waals surface area contributed by atoms with Crippen molar-refractivity contribution >= 4 is 34.9 Å². The van der Waals surface area contributed by atoms with Crippen LogP contribution in [0.4, 0.5) is 17.6 Å². The molecule has 3 aliphatic heterocycles. The molecule has 0 bridgehead atoms. The van der Waals surface area contributed by atoms with Gasteiger partial charge in [0.2, 0.25) is 5.95 Å². The smallest absolute Gasteiger partial charge is 0.232 e. The first-order chi connectivity index (χ1) is 16.7. The Balaban J connectivity index is 1.29. The minimum Gasteiger partial charge on any atom is -0.486 e. The van der Waals surface area contributed by atoms with Crippen LogP contribution in [-0.4, -0.2) is 54.0 Å². The third-order valence-corrected chi connectivity index (χ3v) is 7.01. The molecule has 0 amide bonds. The van der Waals surface area contributed by atoms with Gasteiger partial charge in [0, 0.05) is 38.3 Å². The van der Waals surface area contributed by atoms with E-state index in [0.717, 1.165) is 48.3 Å². The van der Waals surface area contributed by atoms with Crippen molar-refractivity contribution in [3.8, 4) is 11.5 Å². The van der Waals surface area contributed by atoms with Crippen LogP contribution in [0.1, 0.15) is 51.0 Å². The highest BCUT2D eigenvalue weighted by molar-refractivity contribution is 7.80. The fourth-order valence-corrected chi connectivity index (χ4v) is 5.04. The number of anilines is 3. The summed E-state index contributed by atoms with van der Waals surface area (Å²) < 4.78 is 11.3. The number of fused-ring (bicyclic) bond motifs is 1. The van der Waals surface area contributed by atoms with Crippen LogP contribution in [0, 0.1) is 0 Å². The molecule has 8 nitrogen and oxygen atoms in total. The molecule has 2 aromatic rings. The lowest BCUT2D eigenvalue weighted by Crippen LogP contribution is -2.39. The summed E-state index contributed by atoms with van der Waals surface area (Å²) in [4.78, 5) is 14.5. The van der Waals surface area contributed by atoms with Gasteiger partial charge < -0.3 is 29.9 Å². The van der Waals surface area contributed by atoms with Crippen LogP contribution in [0.2, 0.25) is 0 Å². The molecule has 9 heteroatoms. The predicted molar refractivity (Wildman–Crippen MR) is 139 cm³/mol. The molecule has 4 heterocycles. The van der Waals surface area contributed by atoms with Crippen LogP contribution >= 0.6 is 12.2 Å². The van der Waals surface area contributed by atoms with Crippen molar-refractivity contribution in [1.29, 1.82) is 0 Å². The van der Waals surface area contributed by atoms with E-state index in [1.165, 1.54) is 38.5 Å². The molecule has 0 spiro atoms. The number of piperidine rings is 2. The van der Waals surface area contributed by atoms with Gasteiger partial charge in [-0.05, 0) is 75.4 Å². The lowest BCUT2D eigenvalue weighted by Gasteiger charge is -2.35. The quantitative estimate of drug-likeness (QED) is 0.613. The van der Waals surface area contributed by atoms with Crippen molar-refractivity contribution in [2.75, 3.05) is 48.0 Å². The van der Waals surface area contributed by atoms with Gasteiger partial charge in [-0.25, -0.2) is 0 Å². The summed E-state index contributed by atoms with van der Waals surface area (Å²) in [6, 6.07) is 8.59. The number of aromatic nitrogens is 2. The topological polar surface area (TPSA) is 74.8 Å². The molecule has 0 aliphatic carbocycles. The number of hydrogen-bond acceptors (Lipinski definition) is 7. The van der Waals surface area contributed by atoms with Gasteiger partial charge in [-0.3, -0.25) is 0 Å². The van der Waals surface area contributed by atoms with Crippen LogP contribution in [0.25, 0.3) is 0 Å². The average molecular weight is 483 g/mol. The number of rotatable bonds is 5. The highest BCUT2D eigenvalue weighted by atomic mass is 32.1. The third kappa shape index (κ3) is 5.46. The molecule has 1 aromatic heterocycles. The van der Waals surface area contributed by atoms with Crippen LogP contribution in [0.3, 0.4) is 0 Å². The van der Waals surface area contributed by atoms with Gasteiger partial charge >= 0.3 is 0 Å². The summed E-state index contributed by atoms with van der Waals surface area (Å²) in [6.45, 7) is 7.14. The number of ether oxygens (including phenoxy) is 2. The Morgan fingerprint density at radius 2 is 1.74 bits per heavy atom. The molecule has 1 aromatic carbocycles. The van der Waals surface area contributed by atoms with Gasteiger partial charge in [0.1, 0.15) is 24.8 Å². The average Bonchev–Trinajstić information content (AvgIpc) is 2.88. The van der Waals surface area contributed by atoms with E-state index >= 15 is 0 Å². The van der Waals surface area contributed by atoms with Gasteiger partial charge in [-0.2, -0.15) is 9.97 Å². The summed E-state index contributed by atoms with van der Waals surface area (Å²) in [7, 11) is 0. The Morgan fingerprint density at radius 1 is 0.971 bits per heavy atom. The molecule has 182 valence electrons. The minimum atomic E-state index is 0.478. The van der Waals surface area contributed by atoms with E-state index < -0.39 is 0 Å². The molecular formula is C25H34N6O2S. The summed E-state index contributed by atoms with van der Waals surface area (Å²) >= 11 is 5.59. The number of nitrogens with one attached hydrogen (secondary N) is 2. The molecule has 34 heavy (non-hydrogen) atoms. The van der Waals surface area contributed by atoms with Crippen LogP contribution in [-0.2, 0) is 6.54 Å². The van der Waals surface area contributed by atoms with Crippen LogP contribution in [0.15, 0.2) is 24.3 Å². The monoisotopic (exact) mass is 482 g/mol. The van der Waals surface area contributed by atoms with Gasteiger partial charge in [-0.1, -0.05) is 6.07 Å². The molecule has 1 atom stereocenters. The first-order valence-electron chi connectivity index (χ1n) is 12.5. The molecule has 3 aliphatic rings. The van der Waals surface area contributed by atoms with Crippen molar-refractivity contribution in [3.05, 3.63) is 29.8 Å². The van der Waals surface area contributed by atoms with Gasteiger partial charge in [0.05, 0.1) is 0 Å². The summed E-state index contributed by atoms with van der Waals surface area (Å²) in [5.74, 6) is 4.09. The summed E-state index contributed by atoms with van der Waals surface area (Å²) in [6.07, 6.45) is 7.37. The van der Waals surface area contributed by atoms with Crippen LogP contribution < -0.4 is 29.9 Å². The van der Waals surface area contributed by atoms with E-state index in [4.69, 9.17) is 31.7 Å². The lowest BCUT2D eigenvalue weighted by molar-refractivity contribution is 0.171. The SMILES string of the molecule is C[C@H]1CCCCN1c1cc(N2CCCCC2)nc(NC(=S)NCc2ccc3c(c2)OCCO3)n1. The van der Waals surface area contributed by atoms with Gasteiger partial charge in [-0.15, -0.1) is 0 Å². The number of thiocarbonyl (C=S) groups is 1. The fourth-order valence-electron chi connectivity index (χ4n) is 4.87. The van der Waals surface area contributed by atoms with Crippen molar-refractivity contribution in [3.63, 3.8) is 0 Å². The van der Waals surface area contributed by atoms with E-state index in [2.05, 4.69) is 33.4 Å². The van der Waals surface area contributed by atoms with Gasteiger partial charge in [0.25, 0.3) is 0 Å². The Kier molecular flexibility index (Phi) is 7.18. The molecule has 2 N–H and O–H groups in total. The summed E-state index contributed by atoms with van der Waals surface area (Å²) in [5, 5.41) is 7.02. The van der Waals surface area contributed by atoms with Crippen molar-refractivity contribution in [2.45, 2.75) is 58.0 Å². The van der Waals surface area contributed by atoms with Crippen molar-refractivity contribution in [2.24, 2.45) is 0 Å². The van der Waals surface area contributed by atoms with E-state index in [9.17, 15) is 0 Å². The van der Waals surface area contributed by atoms with E-state index in [0.29, 0.717) is 36.9 Å². The number of nitrogens with zero attached hydrogens (tertiary/aromatic N) is 4. The summed E-state index contributed by atoms with van der Waals surface area (Å²) in [5.41, 5.74) is 1.07. The Bertz CT molecular complexity index is 1010. The zero-order valence-electron chi connectivity index (χ0n) is 19.9. The molecule has 0 unspecified atom stereocenters. The number of hydrogen-bond donors (Lipinski definition) is 2. The Labute approximate surface area is 207 Å². The maximum Gasteiger partial charge on any atom is 0.232 e. The first-order valence-corrected chi connectivity index (χ1v) is 12.9. The normalized spacial score (nSPS) is 20.1. The van der Waals surface area contributed by atoms with E-state index in [-0.39, 0.29) is 0 Å². The predicted octanol–water partition coefficient (Wildman–Crippen LogP) is 4.10. The van der Waals surface area contributed by atoms with Crippen LogP contribution in [0.5, 0.6) is 11.5 Å². The molecule has 0 radical (unpaired) electrons. The van der Waals surface area contributed by atoms with Crippen molar-refractivity contribution in [1.82, 2.24) is 15.3 Å². The largest absolute Gasteiger partial charge is 0.486 e. The van der Waals surface area contributed by atoms with Gasteiger partial charge in [0.15, 0.2) is 16.6 Å². The maximum atomic E-state index is 5.69. The zero-order valence-corrected chi connectivity index (χ0v) is 20.7. The molecule has 0 saturated carbocycles. The fraction of sp³-hybridized carbons (Fsp3) is 0.560. The lowest BCUT2D eigenvalue weighted by atomic mass is 10.0. The first kappa shape index (κ1) is 23.0. The molecule has 2 saturated heterocycles. The Hall–Kier alpha value is -2.81. The third-order valence-electron chi connectivity index (χ3n) is 6.76. The zero-order chi connectivity index (χ0) is 23.3. The van der Waals surface area contributed by atoms with Crippen molar-refractivity contribution < 1.29 is 9.47 Å². The molecule has 2 fully saturated rings. The molecule has 5 rings (SSSR count). The highest BCUT2D eigenvalue weighted by Crippen LogP contribution is 2.31. The standard InChI is InChI=1S/C25H34N6O2S/c1-18-7-3-6-12-31(18)23-16-22(30-10-4-2-5-11-30)27-24(28-23)29-25(34)26-17-19-8-9-20-21(15-19)33-14-13-32-20/h8-9,15-16,18H,2-7,10-14,17H2,1H3,(H2,26,27,28,29,34)/t18-/m0/s1. The second-order valence-corrected chi connectivity index (χ2v) is 9.69. The van der Waals surface area contributed by atoms with E-state index in [1.54, 1.807) is 0 Å². The van der Waals surface area contributed by atoms with E-state index in [1.807, 2.05) is 18.2 Å². The number of benzene rings is 1. The second kappa shape index (κ2) is 10.6.